The van der Waals surface area contributed by atoms with E-state index in [2.05, 4.69) is 25.4 Å². The van der Waals surface area contributed by atoms with Gasteiger partial charge in [0.2, 0.25) is 0 Å². The number of thioether (sulfide) groups is 1. The monoisotopic (exact) mass is 243 g/mol. The maximum absolute atomic E-state index is 3.78. The van der Waals surface area contributed by atoms with Crippen LogP contribution in [0.4, 0.5) is 0 Å². The summed E-state index contributed by atoms with van der Waals surface area (Å²) in [4.78, 5) is 0. The third kappa shape index (κ3) is 5.09. The standard InChI is InChI=1S/C14H29NS/c1-14(2)10-6-5-9-13(14)15-11-7-4-8-12-16-3/h13,15H,4-12H2,1-3H3. The van der Waals surface area contributed by atoms with Crippen LogP contribution in [0.25, 0.3) is 0 Å². The zero-order valence-corrected chi connectivity index (χ0v) is 12.2. The normalized spacial score (nSPS) is 24.6. The van der Waals surface area contributed by atoms with Gasteiger partial charge in [0, 0.05) is 6.04 Å². The zero-order chi connectivity index (χ0) is 11.9. The fourth-order valence-electron chi connectivity index (χ4n) is 2.70. The second-order valence-electron chi connectivity index (χ2n) is 5.79. The van der Waals surface area contributed by atoms with E-state index in [1.54, 1.807) is 0 Å². The van der Waals surface area contributed by atoms with E-state index in [-0.39, 0.29) is 0 Å². The van der Waals surface area contributed by atoms with E-state index in [1.165, 1.54) is 57.2 Å². The molecule has 0 aromatic rings. The molecular weight excluding hydrogens is 214 g/mol. The van der Waals surface area contributed by atoms with Gasteiger partial charge in [-0.3, -0.25) is 0 Å². The van der Waals surface area contributed by atoms with Crippen molar-refractivity contribution in [1.29, 1.82) is 0 Å². The molecule has 1 rings (SSSR count). The number of nitrogens with one attached hydrogen (secondary N) is 1. The fraction of sp³-hybridized carbons (Fsp3) is 1.00. The van der Waals surface area contributed by atoms with Gasteiger partial charge < -0.3 is 5.32 Å². The van der Waals surface area contributed by atoms with Crippen molar-refractivity contribution >= 4 is 11.8 Å². The van der Waals surface area contributed by atoms with Crippen LogP contribution in [0, 0.1) is 5.41 Å². The van der Waals surface area contributed by atoms with E-state index < -0.39 is 0 Å². The predicted octanol–water partition coefficient (Wildman–Crippen LogP) is 4.08. The van der Waals surface area contributed by atoms with Gasteiger partial charge in [-0.15, -0.1) is 0 Å². The molecule has 1 aliphatic rings. The van der Waals surface area contributed by atoms with Gasteiger partial charge in [-0.1, -0.05) is 33.1 Å². The van der Waals surface area contributed by atoms with Crippen molar-refractivity contribution in [3.63, 3.8) is 0 Å². The molecule has 0 aliphatic heterocycles. The lowest BCUT2D eigenvalue weighted by Crippen LogP contribution is -2.44. The third-order valence-corrected chi connectivity index (χ3v) is 4.62. The molecule has 0 amide bonds. The van der Waals surface area contributed by atoms with Crippen LogP contribution in [0.15, 0.2) is 0 Å². The van der Waals surface area contributed by atoms with Crippen LogP contribution in [0.5, 0.6) is 0 Å². The van der Waals surface area contributed by atoms with Crippen molar-refractivity contribution in [2.45, 2.75) is 64.8 Å². The molecule has 96 valence electrons. The highest BCUT2D eigenvalue weighted by atomic mass is 32.2. The lowest BCUT2D eigenvalue weighted by Gasteiger charge is -2.39. The Kier molecular flexibility index (Phi) is 6.83. The van der Waals surface area contributed by atoms with Gasteiger partial charge in [0.05, 0.1) is 0 Å². The molecule has 0 radical (unpaired) electrons. The summed E-state index contributed by atoms with van der Waals surface area (Å²) in [5.74, 6) is 1.33. The maximum Gasteiger partial charge on any atom is 0.0118 e. The largest absolute Gasteiger partial charge is 0.313 e. The first-order valence-corrected chi connectivity index (χ1v) is 8.28. The topological polar surface area (TPSA) is 12.0 Å². The van der Waals surface area contributed by atoms with Crippen molar-refractivity contribution in [3.05, 3.63) is 0 Å². The molecule has 0 heterocycles. The van der Waals surface area contributed by atoms with Gasteiger partial charge in [0.15, 0.2) is 0 Å². The van der Waals surface area contributed by atoms with Gasteiger partial charge in [0.1, 0.15) is 0 Å². The Bertz CT molecular complexity index is 180. The quantitative estimate of drug-likeness (QED) is 0.676. The minimum Gasteiger partial charge on any atom is -0.313 e. The molecule has 1 unspecified atom stereocenters. The van der Waals surface area contributed by atoms with Gasteiger partial charge in [0.25, 0.3) is 0 Å². The summed E-state index contributed by atoms with van der Waals surface area (Å²) in [6.07, 6.45) is 12.0. The first kappa shape index (κ1) is 14.4. The molecule has 0 bridgehead atoms. The van der Waals surface area contributed by atoms with E-state index in [0.717, 1.165) is 6.04 Å². The summed E-state index contributed by atoms with van der Waals surface area (Å²) in [7, 11) is 0. The maximum atomic E-state index is 3.78. The summed E-state index contributed by atoms with van der Waals surface area (Å²) in [5, 5.41) is 3.78. The summed E-state index contributed by atoms with van der Waals surface area (Å²) in [6.45, 7) is 6.08. The number of unbranched alkanes of at least 4 members (excludes halogenated alkanes) is 2. The molecule has 1 aliphatic carbocycles. The Balaban J connectivity index is 2.07. The molecule has 1 N–H and O–H groups in total. The van der Waals surface area contributed by atoms with Crippen LogP contribution in [0.3, 0.4) is 0 Å². The molecule has 2 heteroatoms. The minimum absolute atomic E-state index is 0.525. The van der Waals surface area contributed by atoms with Gasteiger partial charge in [-0.05, 0) is 49.7 Å². The Labute approximate surface area is 106 Å². The third-order valence-electron chi connectivity index (χ3n) is 3.92. The lowest BCUT2D eigenvalue weighted by atomic mass is 9.73. The van der Waals surface area contributed by atoms with Crippen molar-refractivity contribution < 1.29 is 0 Å². The van der Waals surface area contributed by atoms with Crippen LogP contribution < -0.4 is 5.32 Å². The van der Waals surface area contributed by atoms with Gasteiger partial charge in [-0.25, -0.2) is 0 Å². The zero-order valence-electron chi connectivity index (χ0n) is 11.3. The van der Waals surface area contributed by atoms with Gasteiger partial charge in [-0.2, -0.15) is 11.8 Å². The molecule has 0 aromatic carbocycles. The van der Waals surface area contributed by atoms with Crippen LogP contribution in [0.2, 0.25) is 0 Å². The highest BCUT2D eigenvalue weighted by Crippen LogP contribution is 2.35. The SMILES string of the molecule is CSCCCCCNC1CCCCC1(C)C. The second kappa shape index (κ2) is 7.60. The molecule has 16 heavy (non-hydrogen) atoms. The Hall–Kier alpha value is 0.310. The summed E-state index contributed by atoms with van der Waals surface area (Å²) >= 11 is 1.97. The van der Waals surface area contributed by atoms with E-state index in [4.69, 9.17) is 0 Å². The molecule has 1 nitrogen and oxygen atoms in total. The number of rotatable bonds is 7. The van der Waals surface area contributed by atoms with Crippen molar-refractivity contribution in [3.8, 4) is 0 Å². The van der Waals surface area contributed by atoms with Crippen molar-refractivity contribution in [2.75, 3.05) is 18.6 Å². The molecular formula is C14H29NS. The highest BCUT2D eigenvalue weighted by Gasteiger charge is 2.31. The van der Waals surface area contributed by atoms with Crippen molar-refractivity contribution in [2.24, 2.45) is 5.41 Å². The second-order valence-corrected chi connectivity index (χ2v) is 6.78. The van der Waals surface area contributed by atoms with Crippen LogP contribution in [0.1, 0.15) is 58.8 Å². The van der Waals surface area contributed by atoms with Crippen molar-refractivity contribution in [1.82, 2.24) is 5.32 Å². The van der Waals surface area contributed by atoms with E-state index in [9.17, 15) is 0 Å². The summed E-state index contributed by atoms with van der Waals surface area (Å²) in [5.41, 5.74) is 0.525. The average Bonchev–Trinajstić information content (AvgIpc) is 2.25. The molecule has 1 atom stereocenters. The first-order valence-electron chi connectivity index (χ1n) is 6.89. The molecule has 0 aromatic heterocycles. The van der Waals surface area contributed by atoms with Crippen LogP contribution in [-0.4, -0.2) is 24.6 Å². The van der Waals surface area contributed by atoms with E-state index in [0.29, 0.717) is 5.41 Å². The summed E-state index contributed by atoms with van der Waals surface area (Å²) in [6, 6.07) is 0.766. The highest BCUT2D eigenvalue weighted by molar-refractivity contribution is 7.98. The number of hydrogen-bond donors (Lipinski definition) is 1. The molecule has 1 fully saturated rings. The predicted molar refractivity (Wildman–Crippen MR) is 76.3 cm³/mol. The Morgan fingerprint density at radius 1 is 1.19 bits per heavy atom. The van der Waals surface area contributed by atoms with Crippen LogP contribution >= 0.6 is 11.8 Å². The molecule has 0 spiro atoms. The van der Waals surface area contributed by atoms with Crippen LogP contribution in [-0.2, 0) is 0 Å². The van der Waals surface area contributed by atoms with E-state index in [1.807, 2.05) is 11.8 Å². The fourth-order valence-corrected chi connectivity index (χ4v) is 3.19. The summed E-state index contributed by atoms with van der Waals surface area (Å²) < 4.78 is 0. The average molecular weight is 243 g/mol. The minimum atomic E-state index is 0.525. The Morgan fingerprint density at radius 2 is 2.00 bits per heavy atom. The molecule has 0 saturated heterocycles. The number of hydrogen-bond acceptors (Lipinski definition) is 2. The first-order chi connectivity index (χ1) is 7.67. The van der Waals surface area contributed by atoms with Gasteiger partial charge >= 0.3 is 0 Å². The molecule has 1 saturated carbocycles. The van der Waals surface area contributed by atoms with E-state index >= 15 is 0 Å². The Morgan fingerprint density at radius 3 is 2.69 bits per heavy atom. The lowest BCUT2D eigenvalue weighted by molar-refractivity contribution is 0.168. The smallest absolute Gasteiger partial charge is 0.0118 e.